The zero-order valence-corrected chi connectivity index (χ0v) is 22.0. The van der Waals surface area contributed by atoms with E-state index >= 15 is 0 Å². The molecule has 38 heavy (non-hydrogen) atoms. The molecule has 12 nitrogen and oxygen atoms in total. The Bertz CT molecular complexity index is 1640. The number of carbonyl (C=O) groups excluding carboxylic acids is 1. The summed E-state index contributed by atoms with van der Waals surface area (Å²) in [7, 11) is 2.91. The molecule has 4 heterocycles. The van der Waals surface area contributed by atoms with Gasteiger partial charge in [-0.15, -0.1) is 0 Å². The van der Waals surface area contributed by atoms with E-state index in [4.69, 9.17) is 0 Å². The number of aliphatic hydroxyl groups is 2. The molecule has 0 bridgehead atoms. The number of para-hydroxylation sites is 2. The van der Waals surface area contributed by atoms with E-state index < -0.39 is 29.0 Å². The number of imidazole rings is 2. The second-order valence-corrected chi connectivity index (χ2v) is 10.3. The number of hydrogen-bond donors (Lipinski definition) is 2. The number of hydrogen-bond acceptors (Lipinski definition) is 7. The first kappa shape index (κ1) is 25.9. The zero-order chi connectivity index (χ0) is 27.4. The second kappa shape index (κ2) is 9.52. The van der Waals surface area contributed by atoms with Crippen molar-refractivity contribution in [3.63, 3.8) is 0 Å². The van der Waals surface area contributed by atoms with Gasteiger partial charge in [0.15, 0.2) is 11.2 Å². The number of nitrogens with zero attached hydrogens (tertiary/aromatic N) is 7. The van der Waals surface area contributed by atoms with E-state index in [-0.39, 0.29) is 43.0 Å². The lowest BCUT2D eigenvalue weighted by Gasteiger charge is -2.34. The molecule has 0 aliphatic carbocycles. The Balaban J connectivity index is 1.48. The predicted octanol–water partition coefficient (Wildman–Crippen LogP) is 0.321. The highest BCUT2D eigenvalue weighted by molar-refractivity contribution is 5.78. The van der Waals surface area contributed by atoms with E-state index in [0.29, 0.717) is 6.54 Å². The number of benzene rings is 1. The van der Waals surface area contributed by atoms with Gasteiger partial charge in [-0.05, 0) is 19.1 Å². The van der Waals surface area contributed by atoms with Crippen LogP contribution in [0, 0.1) is 0 Å². The summed E-state index contributed by atoms with van der Waals surface area (Å²) >= 11 is 0. The van der Waals surface area contributed by atoms with Crippen molar-refractivity contribution in [1.82, 2.24) is 33.1 Å². The molecule has 12 heteroatoms. The molecular weight excluding hydrogens is 490 g/mol. The van der Waals surface area contributed by atoms with Gasteiger partial charge in [-0.3, -0.25) is 18.7 Å². The lowest BCUT2D eigenvalue weighted by atomic mass is 9.91. The molecule has 1 aliphatic rings. The average molecular weight is 524 g/mol. The van der Waals surface area contributed by atoms with Gasteiger partial charge in [-0.2, -0.15) is 0 Å². The van der Waals surface area contributed by atoms with Crippen molar-refractivity contribution in [1.29, 1.82) is 0 Å². The fourth-order valence-electron chi connectivity index (χ4n) is 5.61. The molecule has 2 N–H and O–H groups in total. The van der Waals surface area contributed by atoms with Crippen LogP contribution < -0.4 is 11.2 Å². The summed E-state index contributed by atoms with van der Waals surface area (Å²) in [6.07, 6.45) is 1.36. The maximum atomic E-state index is 13.5. The Morgan fingerprint density at radius 2 is 1.89 bits per heavy atom. The Hall–Kier alpha value is -3.77. The number of aromatic nitrogens is 6. The molecule has 0 spiro atoms. The lowest BCUT2D eigenvalue weighted by molar-refractivity contribution is -0.133. The molecule has 1 aromatic carbocycles. The molecule has 3 atom stereocenters. The SMILES string of the molecule is CCc1nc2ccccc2n1CCC(=O)N1C[C@H](O)C[C@](C)(O)[C@@H](n2cnc3c2c(=O)n(C)c(=O)n3C)C1. The van der Waals surface area contributed by atoms with Crippen LogP contribution in [0.4, 0.5) is 0 Å². The molecular formula is C26H33N7O5. The minimum atomic E-state index is -1.46. The van der Waals surface area contributed by atoms with Gasteiger partial charge in [0.2, 0.25) is 5.91 Å². The van der Waals surface area contributed by atoms with Crippen LogP contribution in [0.5, 0.6) is 0 Å². The highest BCUT2D eigenvalue weighted by Gasteiger charge is 2.42. The van der Waals surface area contributed by atoms with Crippen molar-refractivity contribution in [3.8, 4) is 0 Å². The van der Waals surface area contributed by atoms with Crippen molar-refractivity contribution in [2.75, 3.05) is 13.1 Å². The van der Waals surface area contributed by atoms with Crippen LogP contribution in [0.15, 0.2) is 40.2 Å². The van der Waals surface area contributed by atoms with Crippen molar-refractivity contribution >= 4 is 28.1 Å². The summed E-state index contributed by atoms with van der Waals surface area (Å²) in [6.45, 7) is 4.14. The number of amides is 1. The highest BCUT2D eigenvalue weighted by atomic mass is 16.3. The molecule has 0 unspecified atom stereocenters. The smallest absolute Gasteiger partial charge is 0.332 e. The van der Waals surface area contributed by atoms with E-state index in [1.165, 1.54) is 29.6 Å². The third-order valence-electron chi connectivity index (χ3n) is 7.65. The number of fused-ring (bicyclic) bond motifs is 2. The Labute approximate surface area is 218 Å². The van der Waals surface area contributed by atoms with Crippen molar-refractivity contribution in [2.45, 2.75) is 57.4 Å². The fraction of sp³-hybridized carbons (Fsp3) is 0.500. The molecule has 1 fully saturated rings. The summed E-state index contributed by atoms with van der Waals surface area (Å²) in [5.41, 5.74) is -0.333. The van der Waals surface area contributed by atoms with Crippen LogP contribution in [-0.2, 0) is 31.9 Å². The first-order valence-electron chi connectivity index (χ1n) is 12.8. The highest BCUT2D eigenvalue weighted by Crippen LogP contribution is 2.33. The van der Waals surface area contributed by atoms with E-state index in [9.17, 15) is 24.6 Å². The second-order valence-electron chi connectivity index (χ2n) is 10.3. The number of likely N-dealkylation sites (tertiary alicyclic amines) is 1. The third kappa shape index (κ3) is 4.23. The van der Waals surface area contributed by atoms with Crippen LogP contribution in [-0.4, -0.2) is 74.1 Å². The lowest BCUT2D eigenvalue weighted by Crippen LogP contribution is -2.44. The van der Waals surface area contributed by atoms with Crippen LogP contribution in [0.3, 0.4) is 0 Å². The van der Waals surface area contributed by atoms with E-state index in [0.717, 1.165) is 27.8 Å². The number of aryl methyl sites for hydroxylation is 3. The summed E-state index contributed by atoms with van der Waals surface area (Å²) in [6, 6.07) is 7.02. The number of rotatable bonds is 5. The molecule has 1 aliphatic heterocycles. The molecule has 0 saturated carbocycles. The Kier molecular flexibility index (Phi) is 6.48. The van der Waals surface area contributed by atoms with Gasteiger partial charge in [0.05, 0.1) is 35.1 Å². The van der Waals surface area contributed by atoms with Crippen LogP contribution >= 0.6 is 0 Å². The summed E-state index contributed by atoms with van der Waals surface area (Å²) in [5, 5.41) is 22.2. The molecule has 0 radical (unpaired) electrons. The van der Waals surface area contributed by atoms with Crippen LogP contribution in [0.25, 0.3) is 22.2 Å². The van der Waals surface area contributed by atoms with E-state index in [2.05, 4.69) is 9.97 Å². The first-order valence-corrected chi connectivity index (χ1v) is 12.8. The topological polar surface area (TPSA) is 140 Å². The molecule has 1 amide bonds. The number of β-amino-alcohol motifs (C(OH)–C–C–N with tert-alkyl or cyclic N) is 1. The van der Waals surface area contributed by atoms with Gasteiger partial charge >= 0.3 is 5.69 Å². The van der Waals surface area contributed by atoms with Gasteiger partial charge in [-0.1, -0.05) is 19.1 Å². The zero-order valence-electron chi connectivity index (χ0n) is 22.0. The minimum Gasteiger partial charge on any atom is -0.391 e. The first-order chi connectivity index (χ1) is 18.0. The summed E-state index contributed by atoms with van der Waals surface area (Å²) in [4.78, 5) is 49.5. The fourth-order valence-corrected chi connectivity index (χ4v) is 5.61. The standard InChI is InChI=1S/C26H33N7O5/c1-5-20-28-17-8-6-7-9-18(17)32(20)11-10-21(35)31-13-16(34)12-26(2,38)19(14-31)33-15-27-23-22(33)24(36)30(4)25(37)29(23)3/h6-9,15-16,19,34,38H,5,10-14H2,1-4H3/t16-,19+,26+/m1/s1. The predicted molar refractivity (Wildman–Crippen MR) is 141 cm³/mol. The Morgan fingerprint density at radius 3 is 2.63 bits per heavy atom. The van der Waals surface area contributed by atoms with Crippen LogP contribution in [0.1, 0.15) is 38.6 Å². The summed E-state index contributed by atoms with van der Waals surface area (Å²) in [5.74, 6) is 0.707. The average Bonchev–Trinajstić information content (AvgIpc) is 3.45. The maximum Gasteiger partial charge on any atom is 0.332 e. The molecule has 5 rings (SSSR count). The van der Waals surface area contributed by atoms with Gasteiger partial charge in [0, 0.05) is 53.0 Å². The van der Waals surface area contributed by atoms with Crippen molar-refractivity contribution < 1.29 is 15.0 Å². The van der Waals surface area contributed by atoms with E-state index in [1.807, 2.05) is 35.8 Å². The third-order valence-corrected chi connectivity index (χ3v) is 7.65. The van der Waals surface area contributed by atoms with Crippen LogP contribution in [0.2, 0.25) is 0 Å². The van der Waals surface area contributed by atoms with E-state index in [1.54, 1.807) is 11.8 Å². The van der Waals surface area contributed by atoms with Gasteiger partial charge in [0.1, 0.15) is 5.82 Å². The van der Waals surface area contributed by atoms with Crippen molar-refractivity contribution in [2.24, 2.45) is 14.1 Å². The molecule has 3 aromatic heterocycles. The Morgan fingerprint density at radius 1 is 1.16 bits per heavy atom. The largest absolute Gasteiger partial charge is 0.391 e. The van der Waals surface area contributed by atoms with Crippen molar-refractivity contribution in [3.05, 3.63) is 57.3 Å². The molecule has 1 saturated heterocycles. The maximum absolute atomic E-state index is 13.5. The van der Waals surface area contributed by atoms with Gasteiger partial charge in [0.25, 0.3) is 5.56 Å². The van der Waals surface area contributed by atoms with Gasteiger partial charge in [-0.25, -0.2) is 14.8 Å². The minimum absolute atomic E-state index is 0.000654. The quantitative estimate of drug-likeness (QED) is 0.384. The number of aliphatic hydroxyl groups excluding tert-OH is 1. The molecule has 4 aromatic rings. The van der Waals surface area contributed by atoms with Gasteiger partial charge < -0.3 is 24.2 Å². The molecule has 202 valence electrons. The summed E-state index contributed by atoms with van der Waals surface area (Å²) < 4.78 is 5.85. The normalized spacial score (nSPS) is 22.3. The number of carbonyl (C=O) groups is 1. The monoisotopic (exact) mass is 523 g/mol.